The molecule has 0 heterocycles. The number of nitrogens with two attached hydrogens (primary N) is 2. The van der Waals surface area contributed by atoms with Crippen LogP contribution < -0.4 is 11.6 Å². The number of amidine groups is 1. The molecule has 0 saturated heterocycles. The first kappa shape index (κ1) is 15.1. The molecule has 1 aliphatic carbocycles. The summed E-state index contributed by atoms with van der Waals surface area (Å²) in [7, 11) is 0. The van der Waals surface area contributed by atoms with Crippen LogP contribution in [0.4, 0.5) is 14.5 Å². The molecule has 1 aromatic carbocycles. The highest BCUT2D eigenvalue weighted by Crippen LogP contribution is 2.48. The van der Waals surface area contributed by atoms with Gasteiger partial charge in [0.25, 0.3) is 11.6 Å². The largest absolute Gasteiger partial charge is 0.382 e. The monoisotopic (exact) mass is 299 g/mol. The lowest BCUT2D eigenvalue weighted by molar-refractivity contribution is -0.385. The Morgan fingerprint density at radius 2 is 2.24 bits per heavy atom. The van der Waals surface area contributed by atoms with Crippen molar-refractivity contribution in [3.63, 3.8) is 0 Å². The van der Waals surface area contributed by atoms with Crippen molar-refractivity contribution in [3.8, 4) is 0 Å². The van der Waals surface area contributed by atoms with Crippen LogP contribution in [0.15, 0.2) is 23.3 Å². The SMILES string of the molecule is Cc1ccc(/C(N)=N/N(N)CC2CC2(F)F)cc1[N+](=O)[O-]. The van der Waals surface area contributed by atoms with Crippen molar-refractivity contribution >= 4 is 11.5 Å². The highest BCUT2D eigenvalue weighted by atomic mass is 19.3. The zero-order chi connectivity index (χ0) is 15.8. The number of nitro benzene ring substituents is 1. The second-order valence-electron chi connectivity index (χ2n) is 5.03. The van der Waals surface area contributed by atoms with Crippen molar-refractivity contribution in [2.24, 2.45) is 22.6 Å². The van der Waals surface area contributed by atoms with Crippen molar-refractivity contribution in [2.75, 3.05) is 6.54 Å². The highest BCUT2D eigenvalue weighted by molar-refractivity contribution is 5.97. The minimum atomic E-state index is -2.69. The molecular formula is C12H15F2N5O2. The summed E-state index contributed by atoms with van der Waals surface area (Å²) in [6.45, 7) is 1.47. The second-order valence-corrected chi connectivity index (χ2v) is 5.03. The third-order valence-corrected chi connectivity index (χ3v) is 3.30. The van der Waals surface area contributed by atoms with E-state index in [1.54, 1.807) is 13.0 Å². The molecule has 1 aromatic rings. The lowest BCUT2D eigenvalue weighted by Gasteiger charge is -2.13. The fraction of sp³-hybridized carbons (Fsp3) is 0.417. The van der Waals surface area contributed by atoms with Gasteiger partial charge in [-0.3, -0.25) is 10.1 Å². The Kier molecular flexibility index (Phi) is 3.77. The zero-order valence-corrected chi connectivity index (χ0v) is 11.3. The fourth-order valence-electron chi connectivity index (χ4n) is 1.90. The van der Waals surface area contributed by atoms with Crippen LogP contribution in [0.3, 0.4) is 0 Å². The molecule has 21 heavy (non-hydrogen) atoms. The van der Waals surface area contributed by atoms with E-state index in [-0.39, 0.29) is 24.5 Å². The molecule has 9 heteroatoms. The Labute approximate surface area is 119 Å². The first-order valence-electron chi connectivity index (χ1n) is 6.20. The number of benzene rings is 1. The van der Waals surface area contributed by atoms with Crippen molar-refractivity contribution in [1.82, 2.24) is 5.12 Å². The van der Waals surface area contributed by atoms with Gasteiger partial charge in [-0.1, -0.05) is 12.1 Å². The summed E-state index contributed by atoms with van der Waals surface area (Å²) in [5, 5.41) is 15.5. The number of hydrogen-bond acceptors (Lipinski definition) is 5. The third-order valence-electron chi connectivity index (χ3n) is 3.30. The van der Waals surface area contributed by atoms with E-state index in [0.29, 0.717) is 11.1 Å². The molecule has 2 rings (SSSR count). The van der Waals surface area contributed by atoms with Crippen molar-refractivity contribution in [2.45, 2.75) is 19.3 Å². The molecule has 4 N–H and O–H groups in total. The standard InChI is InChI=1S/C12H15F2N5O2/c1-7-2-3-8(4-10(7)19(20)21)11(15)17-18(16)6-9-5-12(9,13)14/h2-4,9H,5-6,16H2,1H3,(H2,15,17). The van der Waals surface area contributed by atoms with Gasteiger partial charge < -0.3 is 5.73 Å². The minimum Gasteiger partial charge on any atom is -0.382 e. The van der Waals surface area contributed by atoms with Crippen LogP contribution in [-0.4, -0.2) is 28.3 Å². The number of rotatable bonds is 5. The van der Waals surface area contributed by atoms with Crippen LogP contribution in [0, 0.1) is 23.0 Å². The summed E-state index contributed by atoms with van der Waals surface area (Å²) in [5.41, 5.74) is 6.40. The number of halogens is 2. The van der Waals surface area contributed by atoms with Crippen molar-refractivity contribution in [3.05, 3.63) is 39.4 Å². The van der Waals surface area contributed by atoms with E-state index in [0.717, 1.165) is 5.12 Å². The van der Waals surface area contributed by atoms with Crippen LogP contribution in [0.25, 0.3) is 0 Å². The maximum Gasteiger partial charge on any atom is 0.273 e. The van der Waals surface area contributed by atoms with Gasteiger partial charge in [-0.25, -0.2) is 19.7 Å². The van der Waals surface area contributed by atoms with Crippen LogP contribution in [-0.2, 0) is 0 Å². The number of nitro groups is 1. The van der Waals surface area contributed by atoms with Crippen LogP contribution in [0.1, 0.15) is 17.5 Å². The molecule has 0 aliphatic heterocycles. The van der Waals surface area contributed by atoms with Crippen LogP contribution in [0.2, 0.25) is 0 Å². The number of alkyl halides is 2. The molecule has 1 atom stereocenters. The normalized spacial score (nSPS) is 20.2. The topological polar surface area (TPSA) is 111 Å². The second kappa shape index (κ2) is 5.24. The Morgan fingerprint density at radius 1 is 1.62 bits per heavy atom. The predicted octanol–water partition coefficient (Wildman–Crippen LogP) is 1.35. The van der Waals surface area contributed by atoms with E-state index in [2.05, 4.69) is 5.10 Å². The summed E-state index contributed by atoms with van der Waals surface area (Å²) in [5.74, 6) is 1.92. The van der Waals surface area contributed by atoms with Gasteiger partial charge in [-0.2, -0.15) is 0 Å². The first-order valence-corrected chi connectivity index (χ1v) is 6.20. The number of hydrogen-bond donors (Lipinski definition) is 2. The zero-order valence-electron chi connectivity index (χ0n) is 11.3. The van der Waals surface area contributed by atoms with Crippen LogP contribution >= 0.6 is 0 Å². The molecule has 1 aliphatic rings. The van der Waals surface area contributed by atoms with Crippen molar-refractivity contribution < 1.29 is 13.7 Å². The van der Waals surface area contributed by atoms with Gasteiger partial charge >= 0.3 is 0 Å². The molecule has 114 valence electrons. The molecule has 0 radical (unpaired) electrons. The molecule has 7 nitrogen and oxygen atoms in total. The lowest BCUT2D eigenvalue weighted by Crippen LogP contribution is -2.32. The number of nitrogens with zero attached hydrogens (tertiary/aromatic N) is 3. The van der Waals surface area contributed by atoms with E-state index in [1.165, 1.54) is 12.1 Å². The van der Waals surface area contributed by atoms with Gasteiger partial charge in [0.05, 0.1) is 11.5 Å². The van der Waals surface area contributed by atoms with E-state index in [1.807, 2.05) is 0 Å². The smallest absolute Gasteiger partial charge is 0.273 e. The van der Waals surface area contributed by atoms with Gasteiger partial charge in [0, 0.05) is 29.5 Å². The summed E-state index contributed by atoms with van der Waals surface area (Å²) >= 11 is 0. The van der Waals surface area contributed by atoms with E-state index < -0.39 is 16.8 Å². The number of hydrazine groups is 1. The predicted molar refractivity (Wildman–Crippen MR) is 72.5 cm³/mol. The quantitative estimate of drug-likeness (QED) is 0.280. The Balaban J connectivity index is 2.12. The fourth-order valence-corrected chi connectivity index (χ4v) is 1.90. The van der Waals surface area contributed by atoms with E-state index in [9.17, 15) is 18.9 Å². The number of aryl methyl sites for hydroxylation is 1. The average Bonchev–Trinajstić information content (AvgIpc) is 2.95. The van der Waals surface area contributed by atoms with Crippen molar-refractivity contribution in [1.29, 1.82) is 0 Å². The Hall–Kier alpha value is -2.29. The molecule has 0 spiro atoms. The molecule has 0 bridgehead atoms. The minimum absolute atomic E-state index is 0.0652. The van der Waals surface area contributed by atoms with Gasteiger partial charge in [0.1, 0.15) is 0 Å². The molecule has 0 amide bonds. The summed E-state index contributed by atoms with van der Waals surface area (Å²) in [4.78, 5) is 10.3. The first-order chi connectivity index (χ1) is 9.70. The van der Waals surface area contributed by atoms with Gasteiger partial charge in [-0.15, -0.1) is 5.10 Å². The summed E-state index contributed by atoms with van der Waals surface area (Å²) in [6.07, 6.45) is -0.216. The Bertz CT molecular complexity index is 605. The summed E-state index contributed by atoms with van der Waals surface area (Å²) in [6, 6.07) is 4.36. The van der Waals surface area contributed by atoms with Crippen LogP contribution in [0.5, 0.6) is 0 Å². The lowest BCUT2D eigenvalue weighted by atomic mass is 10.1. The number of hydrazone groups is 1. The molecular weight excluding hydrogens is 284 g/mol. The maximum atomic E-state index is 12.8. The highest BCUT2D eigenvalue weighted by Gasteiger charge is 2.57. The molecule has 1 saturated carbocycles. The molecule has 1 unspecified atom stereocenters. The molecule has 1 fully saturated rings. The van der Waals surface area contributed by atoms with Gasteiger partial charge in [-0.05, 0) is 6.92 Å². The third kappa shape index (κ3) is 3.43. The summed E-state index contributed by atoms with van der Waals surface area (Å²) < 4.78 is 25.5. The average molecular weight is 299 g/mol. The molecule has 0 aromatic heterocycles. The van der Waals surface area contributed by atoms with E-state index in [4.69, 9.17) is 11.6 Å². The van der Waals surface area contributed by atoms with Gasteiger partial charge in [0.2, 0.25) is 0 Å². The van der Waals surface area contributed by atoms with Gasteiger partial charge in [0.15, 0.2) is 5.84 Å². The maximum absolute atomic E-state index is 12.8. The Morgan fingerprint density at radius 3 is 2.76 bits per heavy atom. The van der Waals surface area contributed by atoms with E-state index >= 15 is 0 Å².